The van der Waals surface area contributed by atoms with Crippen LogP contribution >= 0.6 is 7.60 Å². The van der Waals surface area contributed by atoms with E-state index in [9.17, 15) is 24.4 Å². The number of aliphatic imine (C=N–C) groups is 2. The molecule has 2 unspecified atom stereocenters. The number of fused-ring (bicyclic) bond motifs is 3. The topological polar surface area (TPSA) is 224 Å². The Morgan fingerprint density at radius 2 is 1.27 bits per heavy atom. The molecular weight excluding hydrogens is 994 g/mol. The molecule has 11 rings (SSSR count). The summed E-state index contributed by atoms with van der Waals surface area (Å²) in [5.41, 5.74) is 2.15. The van der Waals surface area contributed by atoms with Gasteiger partial charge in [-0.15, -0.1) is 0 Å². The molecule has 0 aliphatic carbocycles. The summed E-state index contributed by atoms with van der Waals surface area (Å²) in [5, 5.41) is 11.9. The predicted octanol–water partition coefficient (Wildman–Crippen LogP) is 4.74. The summed E-state index contributed by atoms with van der Waals surface area (Å²) in [6.45, 7) is 7.42. The Bertz CT molecular complexity index is 2860. The molecule has 2 aromatic heterocycles. The summed E-state index contributed by atoms with van der Waals surface area (Å²) in [5.74, 6) is 2.90. The second-order valence-electron chi connectivity index (χ2n) is 20.0. The standard InChI is InChI=1S/C40H38N7O7P.2C9H16N2/c41-22-13-23-52-39-43-34-24-42-38(44-35(48)27-53-32-20-11-4-12-21-32)45-37(34)47(39)36-26-46(25-33(54-36)28-55(49,50)51)40(29-14-5-1-6-15-29,30-16-7-2-8-17-30)31-18-9-3-10-19-31;2*1-2-5-9-10-6-4-8-11(9)7-3-1/h1-12,14-21,24,33,36H,13,23,25-28H2,(H2,49,50,51)(H,42,44,45,48);2*1-8H2/t33-,36+;;/m0../s1. The van der Waals surface area contributed by atoms with Gasteiger partial charge in [-0.3, -0.25) is 24.8 Å². The van der Waals surface area contributed by atoms with E-state index in [1.165, 1.54) is 108 Å². The zero-order valence-corrected chi connectivity index (χ0v) is 44.6. The minimum absolute atomic E-state index is 0.0220. The lowest BCUT2D eigenvalue weighted by atomic mass is 9.75. The van der Waals surface area contributed by atoms with E-state index in [-0.39, 0.29) is 55.8 Å². The fourth-order valence-corrected chi connectivity index (χ4v) is 11.9. The molecule has 18 nitrogen and oxygen atoms in total. The van der Waals surface area contributed by atoms with Crippen LogP contribution in [0.2, 0.25) is 0 Å². The van der Waals surface area contributed by atoms with E-state index in [0.29, 0.717) is 5.75 Å². The maximum atomic E-state index is 12.9. The number of aromatic nitrogens is 4. The number of ether oxygens (including phenoxy) is 3. The van der Waals surface area contributed by atoms with Gasteiger partial charge in [0.25, 0.3) is 5.91 Å². The number of carbonyl (C=O) groups excluding carboxylic acids is 1. The number of carbonyl (C=O) groups is 1. The van der Waals surface area contributed by atoms with E-state index >= 15 is 0 Å². The second kappa shape index (κ2) is 27.1. The molecular formula is C58H70N11O7P. The Labute approximate surface area is 451 Å². The highest BCUT2D eigenvalue weighted by atomic mass is 31.2. The lowest BCUT2D eigenvalue weighted by molar-refractivity contribution is -0.809. The molecule has 5 aliphatic heterocycles. The number of amides is 1. The average molecular weight is 1060 g/mol. The zero-order chi connectivity index (χ0) is 53.3. The van der Waals surface area contributed by atoms with E-state index in [1.807, 2.05) is 97.1 Å². The van der Waals surface area contributed by atoms with E-state index in [4.69, 9.17) is 14.2 Å². The van der Waals surface area contributed by atoms with Gasteiger partial charge in [-0.2, -0.15) is 15.2 Å². The lowest BCUT2D eigenvalue weighted by Crippen LogP contribution is -3.15. The minimum atomic E-state index is -5.10. The van der Waals surface area contributed by atoms with Crippen LogP contribution in [0.15, 0.2) is 138 Å². The monoisotopic (exact) mass is 1060 g/mol. The summed E-state index contributed by atoms with van der Waals surface area (Å²) in [4.78, 5) is 66.0. The number of hydrogen-bond acceptors (Lipinski definition) is 14. The number of rotatable bonds is 14. The van der Waals surface area contributed by atoms with Gasteiger partial charge in [0.2, 0.25) is 5.95 Å². The predicted molar refractivity (Wildman–Crippen MR) is 291 cm³/mol. The highest BCUT2D eigenvalue weighted by Crippen LogP contribution is 2.46. The molecule has 4 aromatic carbocycles. The van der Waals surface area contributed by atoms with Gasteiger partial charge in [0.05, 0.1) is 56.5 Å². The van der Waals surface area contributed by atoms with Crippen molar-refractivity contribution in [3.8, 4) is 17.8 Å². The number of benzene rings is 4. The zero-order valence-electron chi connectivity index (χ0n) is 43.7. The van der Waals surface area contributed by atoms with Gasteiger partial charge in [0.15, 0.2) is 30.2 Å². The van der Waals surface area contributed by atoms with Gasteiger partial charge in [-0.25, -0.2) is 19.5 Å². The SMILES string of the molecule is C1CCC2=NCCC[NH+]2CC1.C1CCC2=NCCC[NH+]2CC1.N#CCCOc1nc2cnc(NC(=O)COc3ccccc3)nc2n1[C@H]1CN(C(c2ccccc2)(c2ccccc2)c2ccccc2)C[C@@H](CP(=O)([O-])[O-])O1. The number of quaternary nitrogens is 2. The van der Waals surface area contributed by atoms with Crippen molar-refractivity contribution in [2.45, 2.75) is 88.5 Å². The second-order valence-corrected chi connectivity index (χ2v) is 21.6. The Kier molecular flexibility index (Phi) is 19.4. The van der Waals surface area contributed by atoms with Gasteiger partial charge in [-0.1, -0.05) is 117 Å². The van der Waals surface area contributed by atoms with Gasteiger partial charge in [0.1, 0.15) is 17.9 Å². The molecule has 77 heavy (non-hydrogen) atoms. The average Bonchev–Trinajstić information content (AvgIpc) is 3.79. The summed E-state index contributed by atoms with van der Waals surface area (Å²) in [6.07, 6.45) is 12.1. The van der Waals surface area contributed by atoms with Crippen molar-refractivity contribution in [1.82, 2.24) is 24.4 Å². The van der Waals surface area contributed by atoms with Crippen molar-refractivity contribution in [3.63, 3.8) is 0 Å². The van der Waals surface area contributed by atoms with E-state index < -0.39 is 37.5 Å². The van der Waals surface area contributed by atoms with Crippen molar-refractivity contribution in [3.05, 3.63) is 144 Å². The van der Waals surface area contributed by atoms with Gasteiger partial charge in [-0.05, 0) is 67.3 Å². The molecule has 404 valence electrons. The number of nitriles is 1. The third kappa shape index (κ3) is 14.5. The molecule has 0 bridgehead atoms. The maximum absolute atomic E-state index is 12.9. The summed E-state index contributed by atoms with van der Waals surface area (Å²) >= 11 is 0. The number of hydrogen-bond donors (Lipinski definition) is 3. The number of imidazole rings is 1. The van der Waals surface area contributed by atoms with Crippen LogP contribution in [0.25, 0.3) is 11.2 Å². The quantitative estimate of drug-likeness (QED) is 0.0765. The molecule has 3 fully saturated rings. The van der Waals surface area contributed by atoms with E-state index in [0.717, 1.165) is 29.8 Å². The van der Waals surface area contributed by atoms with Crippen LogP contribution in [0.5, 0.6) is 11.8 Å². The van der Waals surface area contributed by atoms with Crippen LogP contribution in [0.3, 0.4) is 0 Å². The first-order valence-electron chi connectivity index (χ1n) is 27.3. The Morgan fingerprint density at radius 1 is 0.727 bits per heavy atom. The van der Waals surface area contributed by atoms with Crippen molar-refractivity contribution >= 4 is 42.3 Å². The van der Waals surface area contributed by atoms with Crippen LogP contribution in [0.1, 0.15) is 93.5 Å². The number of amidine groups is 2. The van der Waals surface area contributed by atoms with Crippen LogP contribution in [-0.2, 0) is 19.6 Å². The Morgan fingerprint density at radius 3 is 1.82 bits per heavy atom. The molecule has 0 radical (unpaired) electrons. The molecule has 3 saturated heterocycles. The molecule has 5 aliphatic rings. The summed E-state index contributed by atoms with van der Waals surface area (Å²) in [7, 11) is -5.10. The molecule has 6 aromatic rings. The molecule has 3 N–H and O–H groups in total. The highest BCUT2D eigenvalue weighted by molar-refractivity contribution is 7.48. The number of anilines is 1. The van der Waals surface area contributed by atoms with E-state index in [1.54, 1.807) is 38.6 Å². The number of nitrogens with one attached hydrogen (secondary N) is 3. The molecule has 0 spiro atoms. The number of para-hydroxylation sites is 1. The van der Waals surface area contributed by atoms with Crippen LogP contribution in [0, 0.1) is 11.3 Å². The third-order valence-electron chi connectivity index (χ3n) is 14.6. The lowest BCUT2D eigenvalue weighted by Gasteiger charge is -2.51. The highest BCUT2D eigenvalue weighted by Gasteiger charge is 2.47. The maximum Gasteiger partial charge on any atom is 0.300 e. The van der Waals surface area contributed by atoms with Crippen molar-refractivity contribution in [1.29, 1.82) is 5.26 Å². The Hall–Kier alpha value is -6.68. The third-order valence-corrected chi connectivity index (χ3v) is 15.5. The first-order chi connectivity index (χ1) is 37.7. The van der Waals surface area contributed by atoms with Crippen molar-refractivity contribution in [2.75, 3.05) is 77.1 Å². The summed E-state index contributed by atoms with van der Waals surface area (Å²) in [6, 6.07) is 40.4. The Balaban J connectivity index is 0.000000267. The smallest absolute Gasteiger partial charge is 0.300 e. The number of morpholine rings is 1. The minimum Gasteiger partial charge on any atom is -0.811 e. The molecule has 4 atom stereocenters. The first kappa shape index (κ1) is 55.1. The largest absolute Gasteiger partial charge is 0.811 e. The molecule has 7 heterocycles. The fraction of sp³-hybridized carbons (Fsp3) is 0.431. The van der Waals surface area contributed by atoms with Crippen LogP contribution < -0.4 is 34.4 Å². The summed E-state index contributed by atoms with van der Waals surface area (Å²) < 4.78 is 32.1. The van der Waals surface area contributed by atoms with E-state index in [2.05, 4.69) is 41.2 Å². The van der Waals surface area contributed by atoms with Crippen molar-refractivity contribution < 1.29 is 43.2 Å². The molecule has 1 amide bonds. The normalized spacial score (nSPS) is 20.8. The van der Waals surface area contributed by atoms with Gasteiger partial charge >= 0.3 is 6.01 Å². The fourth-order valence-electron chi connectivity index (χ4n) is 11.2. The molecule has 19 heteroatoms. The van der Waals surface area contributed by atoms with Crippen molar-refractivity contribution in [2.24, 2.45) is 9.98 Å². The van der Waals surface area contributed by atoms with Crippen LogP contribution in [0.4, 0.5) is 5.95 Å². The number of nitrogens with zero attached hydrogens (tertiary/aromatic N) is 8. The van der Waals surface area contributed by atoms with Crippen LogP contribution in [-0.4, -0.2) is 120 Å². The van der Waals surface area contributed by atoms with Gasteiger partial charge < -0.3 is 28.6 Å². The molecule has 0 saturated carbocycles. The van der Waals surface area contributed by atoms with Gasteiger partial charge in [0, 0.05) is 58.0 Å². The first-order valence-corrected chi connectivity index (χ1v) is 29.0.